The fraction of sp³-hybridized carbons (Fsp3) is 0.344. The molecule has 0 radical (unpaired) electrons. The number of benzene rings is 3. The summed E-state index contributed by atoms with van der Waals surface area (Å²) in [4.78, 5) is 31.6. The minimum atomic E-state index is -0.730. The van der Waals surface area contributed by atoms with Gasteiger partial charge in [0.2, 0.25) is 0 Å². The largest absolute Gasteiger partial charge is 0.514 e. The van der Waals surface area contributed by atoms with E-state index in [9.17, 15) is 9.59 Å². The van der Waals surface area contributed by atoms with Crippen molar-refractivity contribution in [2.45, 2.75) is 59.1 Å². The molecule has 0 aliphatic carbocycles. The average molecular weight is 541 g/mol. The van der Waals surface area contributed by atoms with Crippen molar-refractivity contribution in [3.05, 3.63) is 78.1 Å². The minimum absolute atomic E-state index is 0.0508. The van der Waals surface area contributed by atoms with Gasteiger partial charge in [0.25, 0.3) is 0 Å². The lowest BCUT2D eigenvalue weighted by Gasteiger charge is -2.19. The number of carbonyl (C=O) groups excluding carboxylic acids is 2. The molecule has 0 spiro atoms. The molecule has 1 saturated heterocycles. The van der Waals surface area contributed by atoms with Gasteiger partial charge in [-0.1, -0.05) is 49.4 Å². The Labute approximate surface area is 234 Å². The second-order valence-electron chi connectivity index (χ2n) is 11.1. The number of likely N-dealkylation sites (tertiary alicyclic amines) is 1. The predicted molar refractivity (Wildman–Crippen MR) is 157 cm³/mol. The number of imidazole rings is 1. The number of urea groups is 1. The van der Waals surface area contributed by atoms with E-state index in [1.165, 1.54) is 0 Å². The van der Waals surface area contributed by atoms with Crippen molar-refractivity contribution >= 4 is 28.9 Å². The SMILES string of the molecule is CCc1nc2ccc(NC(=O)N3CCCC3)cc2n1Cc1ccc(-c2ccccc2OC(=O)OC(C)(C)C)cc1. The maximum absolute atomic E-state index is 12.6. The van der Waals surface area contributed by atoms with Crippen LogP contribution >= 0.6 is 0 Å². The first kappa shape index (κ1) is 27.2. The number of hydrogen-bond acceptors (Lipinski definition) is 5. The summed E-state index contributed by atoms with van der Waals surface area (Å²) in [5, 5.41) is 3.05. The molecule has 4 aromatic rings. The summed E-state index contributed by atoms with van der Waals surface area (Å²) in [7, 11) is 0. The number of amides is 2. The van der Waals surface area contributed by atoms with E-state index in [0.29, 0.717) is 12.3 Å². The Bertz CT molecular complexity index is 1510. The Morgan fingerprint density at radius 3 is 2.40 bits per heavy atom. The molecule has 8 nitrogen and oxygen atoms in total. The molecule has 1 aliphatic heterocycles. The average Bonchev–Trinajstić information content (AvgIpc) is 3.57. The third kappa shape index (κ3) is 6.28. The van der Waals surface area contributed by atoms with Crippen molar-refractivity contribution < 1.29 is 19.1 Å². The lowest BCUT2D eigenvalue weighted by atomic mass is 10.0. The monoisotopic (exact) mass is 540 g/mol. The highest BCUT2D eigenvalue weighted by Crippen LogP contribution is 2.31. The Balaban J connectivity index is 1.36. The van der Waals surface area contributed by atoms with Crippen LogP contribution in [0.25, 0.3) is 22.2 Å². The minimum Gasteiger partial charge on any atom is -0.428 e. The molecular weight excluding hydrogens is 504 g/mol. The van der Waals surface area contributed by atoms with Gasteiger partial charge in [-0.25, -0.2) is 14.6 Å². The molecule has 1 N–H and O–H groups in total. The molecule has 0 bridgehead atoms. The molecule has 40 heavy (non-hydrogen) atoms. The standard InChI is InChI=1S/C32H36N4O4/c1-5-29-34-26-17-16-24(33-30(37)35-18-8-9-19-35)20-27(26)36(29)21-22-12-14-23(15-13-22)25-10-6-7-11-28(25)39-31(38)40-32(2,3)4/h6-7,10-17,20H,5,8-9,18-19,21H2,1-4H3,(H,33,37). The predicted octanol–water partition coefficient (Wildman–Crippen LogP) is 7.26. The van der Waals surface area contributed by atoms with Crippen LogP contribution in [0.3, 0.4) is 0 Å². The molecular formula is C32H36N4O4. The van der Waals surface area contributed by atoms with Gasteiger partial charge in [-0.15, -0.1) is 0 Å². The quantitative estimate of drug-likeness (QED) is 0.206. The number of carbonyl (C=O) groups is 2. The Morgan fingerprint density at radius 2 is 1.70 bits per heavy atom. The van der Waals surface area contributed by atoms with Gasteiger partial charge >= 0.3 is 12.2 Å². The first-order valence-corrected chi connectivity index (χ1v) is 13.8. The Morgan fingerprint density at radius 1 is 0.975 bits per heavy atom. The van der Waals surface area contributed by atoms with E-state index in [2.05, 4.69) is 28.9 Å². The van der Waals surface area contributed by atoms with Crippen LogP contribution in [-0.2, 0) is 17.7 Å². The van der Waals surface area contributed by atoms with E-state index >= 15 is 0 Å². The normalized spacial score (nSPS) is 13.4. The molecule has 5 rings (SSSR count). The van der Waals surface area contributed by atoms with Crippen LogP contribution in [0.4, 0.5) is 15.3 Å². The number of fused-ring (bicyclic) bond motifs is 1. The summed E-state index contributed by atoms with van der Waals surface area (Å²) in [6.07, 6.45) is 2.17. The van der Waals surface area contributed by atoms with E-state index in [0.717, 1.165) is 71.6 Å². The van der Waals surface area contributed by atoms with Crippen molar-refractivity contribution in [3.8, 4) is 16.9 Å². The van der Waals surface area contributed by atoms with Crippen LogP contribution in [-0.4, -0.2) is 45.3 Å². The zero-order valence-corrected chi connectivity index (χ0v) is 23.6. The van der Waals surface area contributed by atoms with Crippen molar-refractivity contribution in [1.29, 1.82) is 0 Å². The second-order valence-corrected chi connectivity index (χ2v) is 11.1. The van der Waals surface area contributed by atoms with Gasteiger partial charge in [-0.05, 0) is 69.0 Å². The third-order valence-corrected chi connectivity index (χ3v) is 6.86. The molecule has 1 fully saturated rings. The van der Waals surface area contributed by atoms with Crippen LogP contribution < -0.4 is 10.1 Å². The van der Waals surface area contributed by atoms with Crippen LogP contribution in [0.2, 0.25) is 0 Å². The van der Waals surface area contributed by atoms with Gasteiger partial charge < -0.3 is 24.3 Å². The number of nitrogens with one attached hydrogen (secondary N) is 1. The Hall–Kier alpha value is -4.33. The van der Waals surface area contributed by atoms with Gasteiger partial charge in [0, 0.05) is 37.3 Å². The van der Waals surface area contributed by atoms with E-state index in [4.69, 9.17) is 14.5 Å². The van der Waals surface area contributed by atoms with Gasteiger partial charge in [0.15, 0.2) is 0 Å². The summed E-state index contributed by atoms with van der Waals surface area (Å²) in [5.74, 6) is 1.43. The molecule has 1 aliphatic rings. The highest BCUT2D eigenvalue weighted by molar-refractivity contribution is 5.92. The maximum Gasteiger partial charge on any atom is 0.514 e. The van der Waals surface area contributed by atoms with Gasteiger partial charge in [-0.3, -0.25) is 0 Å². The fourth-order valence-electron chi connectivity index (χ4n) is 4.95. The van der Waals surface area contributed by atoms with E-state index in [1.807, 2.05) is 53.4 Å². The number of nitrogens with zero attached hydrogens (tertiary/aromatic N) is 3. The molecule has 2 amide bonds. The fourth-order valence-corrected chi connectivity index (χ4v) is 4.95. The molecule has 0 unspecified atom stereocenters. The summed E-state index contributed by atoms with van der Waals surface area (Å²) >= 11 is 0. The summed E-state index contributed by atoms with van der Waals surface area (Å²) in [6.45, 7) is 9.75. The molecule has 0 saturated carbocycles. The van der Waals surface area contributed by atoms with Crippen LogP contribution in [0.15, 0.2) is 66.7 Å². The number of ether oxygens (including phenoxy) is 2. The second kappa shape index (κ2) is 11.4. The van der Waals surface area contributed by atoms with Gasteiger partial charge in [-0.2, -0.15) is 0 Å². The lowest BCUT2D eigenvalue weighted by Crippen LogP contribution is -2.32. The zero-order valence-electron chi connectivity index (χ0n) is 23.6. The summed E-state index contributed by atoms with van der Waals surface area (Å²) < 4.78 is 13.1. The highest BCUT2D eigenvalue weighted by Gasteiger charge is 2.20. The van der Waals surface area contributed by atoms with Crippen molar-refractivity contribution in [1.82, 2.24) is 14.5 Å². The number of anilines is 1. The van der Waals surface area contributed by atoms with E-state index < -0.39 is 11.8 Å². The number of aryl methyl sites for hydroxylation is 1. The van der Waals surface area contributed by atoms with Gasteiger partial charge in [0.1, 0.15) is 17.2 Å². The number of aromatic nitrogens is 2. The first-order chi connectivity index (χ1) is 19.2. The summed E-state index contributed by atoms with van der Waals surface area (Å²) in [6, 6.07) is 21.5. The Kier molecular flexibility index (Phi) is 7.78. The molecule has 1 aromatic heterocycles. The third-order valence-electron chi connectivity index (χ3n) is 6.86. The van der Waals surface area contributed by atoms with Crippen LogP contribution in [0.1, 0.15) is 51.9 Å². The van der Waals surface area contributed by atoms with Crippen molar-refractivity contribution in [2.75, 3.05) is 18.4 Å². The summed E-state index contributed by atoms with van der Waals surface area (Å²) in [5.41, 5.74) is 4.86. The zero-order chi connectivity index (χ0) is 28.3. The van der Waals surface area contributed by atoms with Gasteiger partial charge in [0.05, 0.1) is 11.0 Å². The first-order valence-electron chi connectivity index (χ1n) is 13.8. The molecule has 0 atom stereocenters. The molecule has 2 heterocycles. The molecule has 3 aromatic carbocycles. The smallest absolute Gasteiger partial charge is 0.428 e. The highest BCUT2D eigenvalue weighted by atomic mass is 16.7. The van der Waals surface area contributed by atoms with E-state index in [-0.39, 0.29) is 6.03 Å². The van der Waals surface area contributed by atoms with Crippen molar-refractivity contribution in [3.63, 3.8) is 0 Å². The van der Waals surface area contributed by atoms with Crippen LogP contribution in [0.5, 0.6) is 5.75 Å². The topological polar surface area (TPSA) is 85.7 Å². The number of hydrogen-bond donors (Lipinski definition) is 1. The molecule has 8 heteroatoms. The van der Waals surface area contributed by atoms with Crippen LogP contribution in [0, 0.1) is 0 Å². The number of rotatable bonds is 6. The maximum atomic E-state index is 12.6. The van der Waals surface area contributed by atoms with E-state index in [1.54, 1.807) is 26.8 Å². The molecule has 208 valence electrons. The lowest BCUT2D eigenvalue weighted by molar-refractivity contribution is 0.0207. The number of para-hydroxylation sites is 1. The van der Waals surface area contributed by atoms with Crippen molar-refractivity contribution in [2.24, 2.45) is 0 Å².